The molecule has 138 valence electrons. The molecule has 0 saturated carbocycles. The number of rotatable bonds is 5. The van der Waals surface area contributed by atoms with Gasteiger partial charge in [0.15, 0.2) is 0 Å². The number of fused-ring (bicyclic) bond motifs is 1. The van der Waals surface area contributed by atoms with Crippen molar-refractivity contribution in [3.8, 4) is 5.75 Å². The van der Waals surface area contributed by atoms with Gasteiger partial charge >= 0.3 is 0 Å². The summed E-state index contributed by atoms with van der Waals surface area (Å²) in [6, 6.07) is 14.3. The number of halogens is 1. The average molecular weight is 373 g/mol. The third-order valence-corrected chi connectivity index (χ3v) is 5.29. The average Bonchev–Trinajstić information content (AvgIpc) is 2.85. The van der Waals surface area contributed by atoms with E-state index in [-0.39, 0.29) is 11.8 Å². The molecule has 2 aromatic carbocycles. The number of nitrogens with two attached hydrogens (primary N) is 1. The van der Waals surface area contributed by atoms with Crippen LogP contribution < -0.4 is 10.5 Å². The molecule has 3 rings (SSSR count). The lowest BCUT2D eigenvalue weighted by Gasteiger charge is -2.26. The Morgan fingerprint density at radius 3 is 2.77 bits per heavy atom. The summed E-state index contributed by atoms with van der Waals surface area (Å²) in [6.07, 6.45) is 2.01. The Labute approximate surface area is 159 Å². The van der Waals surface area contributed by atoms with Crippen LogP contribution in [0.1, 0.15) is 35.4 Å². The van der Waals surface area contributed by atoms with Gasteiger partial charge in [-0.3, -0.25) is 4.79 Å². The van der Waals surface area contributed by atoms with Gasteiger partial charge in [0.05, 0.1) is 12.1 Å². The van der Waals surface area contributed by atoms with Crippen molar-refractivity contribution in [3.05, 3.63) is 64.2 Å². The summed E-state index contributed by atoms with van der Waals surface area (Å²) in [5.74, 6) is 0.943. The van der Waals surface area contributed by atoms with E-state index in [1.54, 1.807) is 7.11 Å². The Kier molecular flexibility index (Phi) is 6.17. The minimum atomic E-state index is 0.0988. The van der Waals surface area contributed by atoms with Crippen LogP contribution in [0.2, 0.25) is 5.02 Å². The topological polar surface area (TPSA) is 55.6 Å². The molecule has 2 aromatic rings. The number of carbonyl (C=O) groups is 1. The van der Waals surface area contributed by atoms with E-state index in [0.717, 1.165) is 12.8 Å². The minimum absolute atomic E-state index is 0.0988. The molecule has 0 fully saturated rings. The van der Waals surface area contributed by atoms with Crippen molar-refractivity contribution in [1.82, 2.24) is 4.90 Å². The molecule has 0 aliphatic carbocycles. The molecule has 4 nitrogen and oxygen atoms in total. The highest BCUT2D eigenvalue weighted by molar-refractivity contribution is 6.32. The summed E-state index contributed by atoms with van der Waals surface area (Å²) in [4.78, 5) is 14.6. The van der Waals surface area contributed by atoms with Crippen LogP contribution >= 0.6 is 11.6 Å². The van der Waals surface area contributed by atoms with Crippen molar-refractivity contribution in [3.63, 3.8) is 0 Å². The fourth-order valence-electron chi connectivity index (χ4n) is 3.58. The van der Waals surface area contributed by atoms with Gasteiger partial charge in [-0.15, -0.1) is 0 Å². The quantitative estimate of drug-likeness (QED) is 0.872. The molecule has 0 aromatic heterocycles. The second kappa shape index (κ2) is 8.56. The van der Waals surface area contributed by atoms with Crippen LogP contribution in [0.4, 0.5) is 0 Å². The fourth-order valence-corrected chi connectivity index (χ4v) is 3.84. The highest BCUT2D eigenvalue weighted by atomic mass is 35.5. The molecule has 26 heavy (non-hydrogen) atoms. The van der Waals surface area contributed by atoms with Gasteiger partial charge in [-0.2, -0.15) is 0 Å². The second-order valence-electron chi connectivity index (χ2n) is 6.63. The van der Waals surface area contributed by atoms with E-state index < -0.39 is 0 Å². The summed E-state index contributed by atoms with van der Waals surface area (Å²) in [6.45, 7) is 1.89. The predicted octanol–water partition coefficient (Wildman–Crippen LogP) is 3.60. The van der Waals surface area contributed by atoms with Crippen molar-refractivity contribution in [2.24, 2.45) is 5.73 Å². The van der Waals surface area contributed by atoms with Crippen molar-refractivity contribution in [2.45, 2.75) is 25.2 Å². The SMILES string of the molecule is COc1cc2c(cc1Cl)CCN(C(=O)CCCN)CC2c1ccccc1. The van der Waals surface area contributed by atoms with E-state index in [4.69, 9.17) is 22.1 Å². The van der Waals surface area contributed by atoms with Crippen molar-refractivity contribution in [2.75, 3.05) is 26.7 Å². The molecular formula is C21H25ClN2O2. The van der Waals surface area contributed by atoms with E-state index >= 15 is 0 Å². The summed E-state index contributed by atoms with van der Waals surface area (Å²) in [5, 5.41) is 0.612. The van der Waals surface area contributed by atoms with E-state index in [1.807, 2.05) is 35.2 Å². The van der Waals surface area contributed by atoms with Gasteiger partial charge in [-0.05, 0) is 48.2 Å². The molecule has 1 unspecified atom stereocenters. The number of benzene rings is 2. The number of hydrogen-bond acceptors (Lipinski definition) is 3. The van der Waals surface area contributed by atoms with Crippen LogP contribution in [0.15, 0.2) is 42.5 Å². The van der Waals surface area contributed by atoms with Gasteiger partial charge in [0.25, 0.3) is 0 Å². The maximum Gasteiger partial charge on any atom is 0.222 e. The summed E-state index contributed by atoms with van der Waals surface area (Å²) < 4.78 is 5.44. The number of amides is 1. The minimum Gasteiger partial charge on any atom is -0.495 e. The van der Waals surface area contributed by atoms with Crippen LogP contribution in [0.5, 0.6) is 5.75 Å². The zero-order chi connectivity index (χ0) is 18.5. The van der Waals surface area contributed by atoms with Gasteiger partial charge < -0.3 is 15.4 Å². The lowest BCUT2D eigenvalue weighted by atomic mass is 9.88. The summed E-state index contributed by atoms with van der Waals surface area (Å²) >= 11 is 6.36. The van der Waals surface area contributed by atoms with Crippen LogP contribution in [0.25, 0.3) is 0 Å². The van der Waals surface area contributed by atoms with Gasteiger partial charge in [-0.25, -0.2) is 0 Å². The molecule has 1 amide bonds. The lowest BCUT2D eigenvalue weighted by molar-refractivity contribution is -0.131. The smallest absolute Gasteiger partial charge is 0.222 e. The molecular weight excluding hydrogens is 348 g/mol. The number of ether oxygens (including phenoxy) is 1. The third kappa shape index (κ3) is 4.02. The zero-order valence-electron chi connectivity index (χ0n) is 15.1. The van der Waals surface area contributed by atoms with Crippen molar-refractivity contribution in [1.29, 1.82) is 0 Å². The van der Waals surface area contributed by atoms with Gasteiger partial charge in [0.1, 0.15) is 5.75 Å². The van der Waals surface area contributed by atoms with Crippen molar-refractivity contribution >= 4 is 17.5 Å². The van der Waals surface area contributed by atoms with Crippen LogP contribution in [0.3, 0.4) is 0 Å². The number of hydrogen-bond donors (Lipinski definition) is 1. The molecule has 0 bridgehead atoms. The van der Waals surface area contributed by atoms with E-state index in [9.17, 15) is 4.79 Å². The maximum atomic E-state index is 12.6. The molecule has 1 heterocycles. The highest BCUT2D eigenvalue weighted by Crippen LogP contribution is 2.37. The molecule has 0 radical (unpaired) electrons. The molecule has 2 N–H and O–H groups in total. The lowest BCUT2D eigenvalue weighted by Crippen LogP contribution is -2.35. The zero-order valence-corrected chi connectivity index (χ0v) is 15.8. The summed E-state index contributed by atoms with van der Waals surface area (Å²) in [7, 11) is 1.63. The Morgan fingerprint density at radius 2 is 2.08 bits per heavy atom. The largest absolute Gasteiger partial charge is 0.495 e. The Bertz CT molecular complexity index is 764. The molecule has 0 spiro atoms. The number of methoxy groups -OCH3 is 1. The Hall–Kier alpha value is -2.04. The molecule has 1 aliphatic rings. The predicted molar refractivity (Wildman–Crippen MR) is 105 cm³/mol. The van der Waals surface area contributed by atoms with Crippen LogP contribution in [-0.4, -0.2) is 37.6 Å². The number of nitrogens with zero attached hydrogens (tertiary/aromatic N) is 1. The first kappa shape index (κ1) is 18.7. The van der Waals surface area contributed by atoms with Gasteiger partial charge in [0.2, 0.25) is 5.91 Å². The molecule has 5 heteroatoms. The first-order valence-corrected chi connectivity index (χ1v) is 9.41. The van der Waals surface area contributed by atoms with Crippen LogP contribution in [0, 0.1) is 0 Å². The van der Waals surface area contributed by atoms with Crippen molar-refractivity contribution < 1.29 is 9.53 Å². The van der Waals surface area contributed by atoms with Gasteiger partial charge in [0, 0.05) is 25.4 Å². The van der Waals surface area contributed by atoms with Gasteiger partial charge in [-0.1, -0.05) is 41.9 Å². The monoisotopic (exact) mass is 372 g/mol. The fraction of sp³-hybridized carbons (Fsp3) is 0.381. The third-order valence-electron chi connectivity index (χ3n) is 4.99. The summed E-state index contributed by atoms with van der Waals surface area (Å²) in [5.41, 5.74) is 9.13. The van der Waals surface area contributed by atoms with E-state index in [0.29, 0.717) is 36.8 Å². The van der Waals surface area contributed by atoms with E-state index in [1.165, 1.54) is 16.7 Å². The Balaban J connectivity index is 2.00. The van der Waals surface area contributed by atoms with E-state index in [2.05, 4.69) is 12.1 Å². The standard InChI is InChI=1S/C21H25ClN2O2/c1-26-20-13-17-16(12-19(20)22)9-11-24(21(25)8-5-10-23)14-18(17)15-6-3-2-4-7-15/h2-4,6-7,12-13,18H,5,8-11,14,23H2,1H3. The maximum absolute atomic E-state index is 12.6. The second-order valence-corrected chi connectivity index (χ2v) is 7.04. The highest BCUT2D eigenvalue weighted by Gasteiger charge is 2.28. The first-order chi connectivity index (χ1) is 12.6. The molecule has 1 aliphatic heterocycles. The molecule has 1 atom stereocenters. The first-order valence-electron chi connectivity index (χ1n) is 9.03. The molecule has 0 saturated heterocycles. The number of carbonyl (C=O) groups excluding carboxylic acids is 1. The Morgan fingerprint density at radius 1 is 1.31 bits per heavy atom. The van der Waals surface area contributed by atoms with Crippen LogP contribution in [-0.2, 0) is 11.2 Å². The normalized spacial score (nSPS) is 16.7.